The van der Waals surface area contributed by atoms with Gasteiger partial charge in [0.05, 0.1) is 23.8 Å². The summed E-state index contributed by atoms with van der Waals surface area (Å²) in [5, 5.41) is 8.29. The van der Waals surface area contributed by atoms with Crippen LogP contribution < -0.4 is 5.32 Å². The number of aromatic nitrogens is 3. The molecule has 3 aromatic rings. The lowest BCUT2D eigenvalue weighted by Crippen LogP contribution is -2.40. The molecule has 0 spiro atoms. The molecule has 128 valence electrons. The Morgan fingerprint density at radius 1 is 1.28 bits per heavy atom. The molecular weight excluding hydrogens is 314 g/mol. The Morgan fingerprint density at radius 2 is 2.20 bits per heavy atom. The molecule has 1 atom stereocenters. The number of pyridine rings is 1. The summed E-state index contributed by atoms with van der Waals surface area (Å²) in [4.78, 5) is 19.3. The molecule has 6 nitrogen and oxygen atoms in total. The third-order valence-corrected chi connectivity index (χ3v) is 4.71. The normalized spacial score (nSPS) is 17.2. The standard InChI is InChI=1S/C19H21N5O/c1-14-8-9-16-17(21-14)6-2-7-18(16)22-19(25)24-12-3-5-15(24)13-23-11-4-10-20-23/h2,4,6-11,15H,3,5,12-13H2,1H3,(H,22,25). The number of rotatable bonds is 3. The first-order valence-corrected chi connectivity index (χ1v) is 8.62. The number of likely N-dealkylation sites (tertiary alicyclic amines) is 1. The second kappa shape index (κ2) is 6.55. The van der Waals surface area contributed by atoms with Crippen LogP contribution in [0.5, 0.6) is 0 Å². The molecule has 0 bridgehead atoms. The molecule has 4 rings (SSSR count). The summed E-state index contributed by atoms with van der Waals surface area (Å²) in [5.41, 5.74) is 2.67. The molecule has 0 radical (unpaired) electrons. The van der Waals surface area contributed by atoms with E-state index in [2.05, 4.69) is 15.4 Å². The first kappa shape index (κ1) is 15.6. The van der Waals surface area contributed by atoms with Gasteiger partial charge >= 0.3 is 6.03 Å². The number of nitrogens with one attached hydrogen (secondary N) is 1. The van der Waals surface area contributed by atoms with Crippen LogP contribution in [0, 0.1) is 6.92 Å². The molecule has 1 aromatic carbocycles. The van der Waals surface area contributed by atoms with E-state index in [-0.39, 0.29) is 12.1 Å². The van der Waals surface area contributed by atoms with Crippen molar-refractivity contribution in [2.75, 3.05) is 11.9 Å². The van der Waals surface area contributed by atoms with Gasteiger partial charge in [0.15, 0.2) is 0 Å². The summed E-state index contributed by atoms with van der Waals surface area (Å²) in [6.07, 6.45) is 5.73. The quantitative estimate of drug-likeness (QED) is 0.797. The van der Waals surface area contributed by atoms with Crippen LogP contribution in [0.2, 0.25) is 0 Å². The Morgan fingerprint density at radius 3 is 3.04 bits per heavy atom. The van der Waals surface area contributed by atoms with Gasteiger partial charge < -0.3 is 10.2 Å². The van der Waals surface area contributed by atoms with Crippen molar-refractivity contribution in [3.8, 4) is 0 Å². The third kappa shape index (κ3) is 3.20. The lowest BCUT2D eigenvalue weighted by atomic mass is 10.1. The van der Waals surface area contributed by atoms with Gasteiger partial charge in [0.25, 0.3) is 0 Å². The number of amides is 2. The van der Waals surface area contributed by atoms with Crippen LogP contribution in [-0.4, -0.2) is 38.3 Å². The second-order valence-corrected chi connectivity index (χ2v) is 6.47. The van der Waals surface area contributed by atoms with Crippen LogP contribution in [0.4, 0.5) is 10.5 Å². The highest BCUT2D eigenvalue weighted by molar-refractivity contribution is 6.00. The molecule has 2 amide bonds. The molecule has 3 heterocycles. The molecule has 1 N–H and O–H groups in total. The van der Waals surface area contributed by atoms with Gasteiger partial charge in [-0.1, -0.05) is 6.07 Å². The average molecular weight is 335 g/mol. The van der Waals surface area contributed by atoms with Crippen molar-refractivity contribution in [1.29, 1.82) is 0 Å². The highest BCUT2D eigenvalue weighted by Gasteiger charge is 2.29. The molecule has 0 saturated carbocycles. The Balaban J connectivity index is 1.53. The predicted molar refractivity (Wildman–Crippen MR) is 97.5 cm³/mol. The number of carbonyl (C=O) groups excluding carboxylic acids is 1. The van der Waals surface area contributed by atoms with Crippen molar-refractivity contribution in [2.24, 2.45) is 0 Å². The summed E-state index contributed by atoms with van der Waals surface area (Å²) in [6.45, 7) is 3.48. The zero-order valence-corrected chi connectivity index (χ0v) is 14.2. The van der Waals surface area contributed by atoms with E-state index in [9.17, 15) is 4.79 Å². The lowest BCUT2D eigenvalue weighted by molar-refractivity contribution is 0.199. The third-order valence-electron chi connectivity index (χ3n) is 4.71. The first-order valence-electron chi connectivity index (χ1n) is 8.62. The highest BCUT2D eigenvalue weighted by Crippen LogP contribution is 2.25. The van der Waals surface area contributed by atoms with E-state index in [1.165, 1.54) is 0 Å². The molecule has 1 unspecified atom stereocenters. The van der Waals surface area contributed by atoms with E-state index in [1.54, 1.807) is 6.20 Å². The molecule has 1 fully saturated rings. The predicted octanol–water partition coefficient (Wildman–Crippen LogP) is 3.44. The maximum Gasteiger partial charge on any atom is 0.322 e. The molecule has 0 aliphatic carbocycles. The van der Waals surface area contributed by atoms with Crippen molar-refractivity contribution in [1.82, 2.24) is 19.7 Å². The SMILES string of the molecule is Cc1ccc2c(NC(=O)N3CCCC3Cn3cccn3)cccc2n1. The summed E-state index contributed by atoms with van der Waals surface area (Å²) < 4.78 is 1.89. The Bertz CT molecular complexity index is 890. The van der Waals surface area contributed by atoms with E-state index >= 15 is 0 Å². The summed E-state index contributed by atoms with van der Waals surface area (Å²) in [7, 11) is 0. The zero-order valence-electron chi connectivity index (χ0n) is 14.2. The number of carbonyl (C=O) groups is 1. The number of hydrogen-bond acceptors (Lipinski definition) is 3. The summed E-state index contributed by atoms with van der Waals surface area (Å²) in [5.74, 6) is 0. The van der Waals surface area contributed by atoms with Gasteiger partial charge in [0.2, 0.25) is 0 Å². The maximum absolute atomic E-state index is 12.8. The molecule has 2 aromatic heterocycles. The van der Waals surface area contributed by atoms with Gasteiger partial charge in [-0.2, -0.15) is 5.10 Å². The van der Waals surface area contributed by atoms with Crippen molar-refractivity contribution in [2.45, 2.75) is 32.4 Å². The van der Waals surface area contributed by atoms with Crippen molar-refractivity contribution >= 4 is 22.6 Å². The van der Waals surface area contributed by atoms with Crippen LogP contribution >= 0.6 is 0 Å². The highest BCUT2D eigenvalue weighted by atomic mass is 16.2. The minimum Gasteiger partial charge on any atom is -0.320 e. The van der Waals surface area contributed by atoms with Crippen molar-refractivity contribution < 1.29 is 4.79 Å². The molecule has 1 saturated heterocycles. The van der Waals surface area contributed by atoms with E-state index in [4.69, 9.17) is 0 Å². The van der Waals surface area contributed by atoms with Crippen LogP contribution in [-0.2, 0) is 6.54 Å². The van der Waals surface area contributed by atoms with Gasteiger partial charge in [0.1, 0.15) is 0 Å². The van der Waals surface area contributed by atoms with Gasteiger partial charge in [-0.25, -0.2) is 4.79 Å². The second-order valence-electron chi connectivity index (χ2n) is 6.47. The Hall–Kier alpha value is -2.89. The average Bonchev–Trinajstić information content (AvgIpc) is 3.27. The molecular formula is C19H21N5O. The van der Waals surface area contributed by atoms with Crippen molar-refractivity contribution in [3.05, 3.63) is 54.5 Å². The number of urea groups is 1. The number of benzene rings is 1. The lowest BCUT2D eigenvalue weighted by Gasteiger charge is -2.25. The van der Waals surface area contributed by atoms with Crippen LogP contribution in [0.1, 0.15) is 18.5 Å². The van der Waals surface area contributed by atoms with E-state index in [0.717, 1.165) is 48.2 Å². The number of nitrogens with zero attached hydrogens (tertiary/aromatic N) is 4. The van der Waals surface area contributed by atoms with Gasteiger partial charge in [-0.05, 0) is 50.1 Å². The topological polar surface area (TPSA) is 63.1 Å². The maximum atomic E-state index is 12.8. The van der Waals surface area contributed by atoms with Crippen molar-refractivity contribution in [3.63, 3.8) is 0 Å². The summed E-state index contributed by atoms with van der Waals surface area (Å²) >= 11 is 0. The fourth-order valence-electron chi connectivity index (χ4n) is 3.47. The number of aryl methyl sites for hydroxylation is 1. The fourth-order valence-corrected chi connectivity index (χ4v) is 3.47. The number of fused-ring (bicyclic) bond motifs is 1. The Labute approximate surface area is 146 Å². The van der Waals surface area contributed by atoms with Gasteiger partial charge in [0, 0.05) is 30.0 Å². The molecule has 1 aliphatic heterocycles. The number of anilines is 1. The van der Waals surface area contributed by atoms with E-state index in [0.29, 0.717) is 0 Å². The summed E-state index contributed by atoms with van der Waals surface area (Å²) in [6, 6.07) is 11.8. The van der Waals surface area contributed by atoms with Gasteiger partial charge in [-0.15, -0.1) is 0 Å². The van der Waals surface area contributed by atoms with E-state index < -0.39 is 0 Å². The molecule has 6 heteroatoms. The van der Waals surface area contributed by atoms with Crippen LogP contribution in [0.15, 0.2) is 48.8 Å². The van der Waals surface area contributed by atoms with Gasteiger partial charge in [-0.3, -0.25) is 9.67 Å². The first-order chi connectivity index (χ1) is 12.2. The Kier molecular flexibility index (Phi) is 4.09. The molecule has 25 heavy (non-hydrogen) atoms. The van der Waals surface area contributed by atoms with Crippen LogP contribution in [0.3, 0.4) is 0 Å². The molecule has 1 aliphatic rings. The fraction of sp³-hybridized carbons (Fsp3) is 0.316. The minimum atomic E-state index is -0.0530. The monoisotopic (exact) mass is 335 g/mol. The van der Waals surface area contributed by atoms with Crippen LogP contribution in [0.25, 0.3) is 10.9 Å². The zero-order chi connectivity index (χ0) is 17.2. The smallest absolute Gasteiger partial charge is 0.320 e. The van der Waals surface area contributed by atoms with E-state index in [1.807, 2.05) is 59.1 Å². The minimum absolute atomic E-state index is 0.0530. The largest absolute Gasteiger partial charge is 0.322 e. The number of hydrogen-bond donors (Lipinski definition) is 1.